The highest BCUT2D eigenvalue weighted by Crippen LogP contribution is 2.44. The van der Waals surface area contributed by atoms with Gasteiger partial charge in [-0.05, 0) is 24.6 Å². The topological polar surface area (TPSA) is 140 Å². The number of aliphatic hydroxyl groups excluding tert-OH is 1. The van der Waals surface area contributed by atoms with E-state index in [4.69, 9.17) is 20.1 Å². The van der Waals surface area contributed by atoms with Crippen molar-refractivity contribution in [3.8, 4) is 11.4 Å². The minimum Gasteiger partial charge on any atom is -0.424 e. The van der Waals surface area contributed by atoms with Crippen LogP contribution in [0.15, 0.2) is 44.6 Å². The Labute approximate surface area is 275 Å². The van der Waals surface area contributed by atoms with E-state index in [0.29, 0.717) is 37.4 Å². The van der Waals surface area contributed by atoms with E-state index < -0.39 is 31.8 Å². The Morgan fingerprint density at radius 1 is 1.19 bits per heavy atom. The lowest BCUT2D eigenvalue weighted by atomic mass is 10.0. The minimum absolute atomic E-state index is 0.00331. The predicted molar refractivity (Wildman–Crippen MR) is 169 cm³/mol. The molecule has 0 aromatic carbocycles. The van der Waals surface area contributed by atoms with Crippen molar-refractivity contribution in [2.45, 2.75) is 40.8 Å². The average molecular weight is 715 g/mol. The molecule has 0 spiro atoms. The summed E-state index contributed by atoms with van der Waals surface area (Å²) >= 11 is 5.04. The number of carbonyl (C=O) groups is 1. The van der Waals surface area contributed by atoms with Gasteiger partial charge in [0.25, 0.3) is 6.01 Å². The Hall–Kier alpha value is -3.59. The fraction of sp³-hybridized carbons (Fsp3) is 0.444. The molecule has 10 bridgehead atoms. The first-order valence-corrected chi connectivity index (χ1v) is 17.6. The maximum atomic E-state index is 16.9. The molecule has 47 heavy (non-hydrogen) atoms. The maximum Gasteiger partial charge on any atom is 0.447 e. The zero-order valence-corrected chi connectivity index (χ0v) is 26.9. The van der Waals surface area contributed by atoms with E-state index in [2.05, 4.69) is 31.6 Å². The molecule has 2 fully saturated rings. The van der Waals surface area contributed by atoms with Crippen LogP contribution in [-0.2, 0) is 26.8 Å². The molecule has 0 saturated carbocycles. The number of urea groups is 1. The highest BCUT2D eigenvalue weighted by molar-refractivity contribution is 8.27. The van der Waals surface area contributed by atoms with E-state index in [1.54, 1.807) is 17.0 Å². The van der Waals surface area contributed by atoms with E-state index in [0.717, 1.165) is 0 Å². The first-order valence-electron chi connectivity index (χ1n) is 14.5. The van der Waals surface area contributed by atoms with Crippen molar-refractivity contribution in [1.82, 2.24) is 34.6 Å². The molecule has 4 aromatic rings. The van der Waals surface area contributed by atoms with Gasteiger partial charge in [-0.2, -0.15) is 18.2 Å². The van der Waals surface area contributed by atoms with Crippen LogP contribution >= 0.6 is 11.8 Å². The van der Waals surface area contributed by atoms with Gasteiger partial charge in [0.05, 0.1) is 39.5 Å². The number of halogens is 4. The Bertz CT molecular complexity index is 1880. The second-order valence-corrected chi connectivity index (χ2v) is 14.9. The average Bonchev–Trinajstić information content (AvgIpc) is 3.79. The molecule has 20 heteroatoms. The molecule has 10 rings (SSSR count). The SMILES string of the molecule is C=[S-](=S)[C@@]1(F)CN2CC[C@H]1Nc1cccn3c(SC(F)(F)F)c(cc13)-c1noc(n1)CNC(O)c1cnc(o1)N1CCN(CC1)C2=O. The van der Waals surface area contributed by atoms with E-state index >= 15 is 4.39 Å². The number of aromatic nitrogens is 4. The molecule has 6 aliphatic heterocycles. The lowest BCUT2D eigenvalue weighted by Crippen LogP contribution is -2.62. The smallest absolute Gasteiger partial charge is 0.424 e. The number of anilines is 2. The van der Waals surface area contributed by atoms with E-state index in [9.17, 15) is 23.1 Å². The minimum atomic E-state index is -4.66. The molecule has 0 radical (unpaired) electrons. The van der Waals surface area contributed by atoms with Crippen molar-refractivity contribution in [1.29, 1.82) is 0 Å². The van der Waals surface area contributed by atoms with Gasteiger partial charge in [-0.1, -0.05) is 5.16 Å². The van der Waals surface area contributed by atoms with Crippen molar-refractivity contribution in [2.24, 2.45) is 0 Å². The highest BCUT2D eigenvalue weighted by atomic mass is 32.8. The fourth-order valence-corrected chi connectivity index (χ4v) is 7.98. The van der Waals surface area contributed by atoms with E-state index in [1.165, 1.54) is 27.8 Å². The van der Waals surface area contributed by atoms with Gasteiger partial charge in [0, 0.05) is 63.3 Å². The molecule has 3 atom stereocenters. The number of aliphatic hydroxyl groups is 1. The van der Waals surface area contributed by atoms with Crippen molar-refractivity contribution in [3.63, 3.8) is 0 Å². The summed E-state index contributed by atoms with van der Waals surface area (Å²) in [6.45, 7) is 1.24. The highest BCUT2D eigenvalue weighted by Gasteiger charge is 2.41. The van der Waals surface area contributed by atoms with Crippen LogP contribution in [0.5, 0.6) is 0 Å². The van der Waals surface area contributed by atoms with Crippen LogP contribution in [0.25, 0.3) is 16.9 Å². The summed E-state index contributed by atoms with van der Waals surface area (Å²) in [7, 11) is -1.47. The van der Waals surface area contributed by atoms with E-state index in [-0.39, 0.29) is 77.9 Å². The molecule has 2 saturated heterocycles. The summed E-state index contributed by atoms with van der Waals surface area (Å²) in [5, 5.41) is 18.2. The third-order valence-electron chi connectivity index (χ3n) is 8.33. The predicted octanol–water partition coefficient (Wildman–Crippen LogP) is 3.29. The van der Waals surface area contributed by atoms with Crippen LogP contribution in [0, 0.1) is 0 Å². The molecule has 252 valence electrons. The number of alkyl halides is 4. The van der Waals surface area contributed by atoms with Gasteiger partial charge in [0.2, 0.25) is 11.7 Å². The third-order valence-corrected chi connectivity index (χ3v) is 11.2. The van der Waals surface area contributed by atoms with Gasteiger partial charge in [-0.25, -0.2) is 15.6 Å². The summed E-state index contributed by atoms with van der Waals surface area (Å²) in [5.41, 5.74) is -3.97. The number of piperazine rings is 1. The largest absolute Gasteiger partial charge is 0.447 e. The third kappa shape index (κ3) is 6.12. The van der Waals surface area contributed by atoms with Crippen LogP contribution in [0.3, 0.4) is 0 Å². The number of thioether (sulfide) groups is 1. The van der Waals surface area contributed by atoms with Gasteiger partial charge in [0.1, 0.15) is 0 Å². The molecule has 4 aromatic heterocycles. The zero-order chi connectivity index (χ0) is 33.1. The quantitative estimate of drug-likeness (QED) is 0.122. The van der Waals surface area contributed by atoms with Crippen molar-refractivity contribution >= 4 is 61.1 Å². The Kier molecular flexibility index (Phi) is 8.26. The molecule has 3 N–H and O–H groups in total. The molecular formula is C27H28F4N9O4S3-. The summed E-state index contributed by atoms with van der Waals surface area (Å²) < 4.78 is 70.7. The molecular weight excluding hydrogens is 687 g/mol. The Balaban J connectivity index is 1.30. The zero-order valence-electron chi connectivity index (χ0n) is 24.4. The molecule has 0 aliphatic carbocycles. The van der Waals surface area contributed by atoms with Crippen LogP contribution in [0.1, 0.15) is 24.3 Å². The normalized spacial score (nSPS) is 24.1. The van der Waals surface area contributed by atoms with Crippen LogP contribution < -0.4 is 15.5 Å². The molecule has 1 unspecified atom stereocenters. The number of pyridine rings is 1. The Morgan fingerprint density at radius 2 is 1.96 bits per heavy atom. The molecule has 13 nitrogen and oxygen atoms in total. The van der Waals surface area contributed by atoms with Gasteiger partial charge < -0.3 is 47.5 Å². The van der Waals surface area contributed by atoms with Gasteiger partial charge in [-0.3, -0.25) is 20.9 Å². The van der Waals surface area contributed by atoms with Crippen LogP contribution in [-0.4, -0.2) is 102 Å². The lowest BCUT2D eigenvalue weighted by Gasteiger charge is -2.49. The fourth-order valence-electron chi connectivity index (χ4n) is 5.94. The molecule has 6 aliphatic rings. The first kappa shape index (κ1) is 32.0. The Morgan fingerprint density at radius 3 is 2.70 bits per heavy atom. The monoisotopic (exact) mass is 714 g/mol. The summed E-state index contributed by atoms with van der Waals surface area (Å²) in [5.74, 6) is 3.81. The number of oxazole rings is 1. The number of hydrogen-bond acceptors (Lipinski definition) is 13. The summed E-state index contributed by atoms with van der Waals surface area (Å²) in [6.07, 6.45) is 1.68. The summed E-state index contributed by atoms with van der Waals surface area (Å²) in [4.78, 5) is 27.0. The van der Waals surface area contributed by atoms with Crippen molar-refractivity contribution in [2.75, 3.05) is 49.5 Å². The number of amides is 2. The number of rotatable bonds is 2. The standard InChI is InChI=1S/C27H28F4N9O4S3/c1-47(45)26(28)14-39-6-4-19(26)34-16-3-2-5-40-17(16)11-15(23(40)46-27(29,30)31)21-35-20(44-36-21)13-32-22(41)18-12-33-24(43-18)37-7-9-38(10-8-37)25(39)42/h2-3,5,11-12,19,22,32,34,41H,1,4,6-10,13-14H2/q-1/t19-,22?,26+/m1/s1. The van der Waals surface area contributed by atoms with Crippen molar-refractivity contribution < 1.29 is 36.4 Å². The van der Waals surface area contributed by atoms with Crippen LogP contribution in [0.4, 0.5) is 34.1 Å². The number of nitrogens with zero attached hydrogens (tertiary/aromatic N) is 7. The van der Waals surface area contributed by atoms with Gasteiger partial charge in [-0.15, -0.1) is 0 Å². The van der Waals surface area contributed by atoms with Crippen LogP contribution in [0.2, 0.25) is 0 Å². The van der Waals surface area contributed by atoms with Gasteiger partial charge >= 0.3 is 11.5 Å². The first-order chi connectivity index (χ1) is 22.4. The second-order valence-electron chi connectivity index (χ2n) is 11.2. The second kappa shape index (κ2) is 12.1. The van der Waals surface area contributed by atoms with Crippen molar-refractivity contribution in [3.05, 3.63) is 42.2 Å². The molecule has 2 amide bonds. The summed E-state index contributed by atoms with van der Waals surface area (Å²) in [6, 6.07) is 3.67. The molecule has 10 heterocycles. The number of hydrogen-bond donors (Lipinski definition) is 3. The van der Waals surface area contributed by atoms with E-state index in [1.807, 2.05) is 4.90 Å². The van der Waals surface area contributed by atoms with Gasteiger partial charge in [0.15, 0.2) is 12.0 Å². The number of carbonyl (C=O) groups excluding carboxylic acids is 1. The lowest BCUT2D eigenvalue weighted by molar-refractivity contribution is -0.0329. The number of nitrogens with one attached hydrogen (secondary N) is 2. The maximum absolute atomic E-state index is 16.9. The number of piperidine rings is 1.